The van der Waals surface area contributed by atoms with E-state index in [9.17, 15) is 17.6 Å². The van der Waals surface area contributed by atoms with Gasteiger partial charge in [-0.3, -0.25) is 9.10 Å². The molecule has 3 aromatic carbocycles. The first kappa shape index (κ1) is 23.8. The van der Waals surface area contributed by atoms with Gasteiger partial charge >= 0.3 is 0 Å². The van der Waals surface area contributed by atoms with E-state index < -0.39 is 15.9 Å². The van der Waals surface area contributed by atoms with Crippen LogP contribution >= 0.6 is 11.3 Å². The number of nitrogens with zero attached hydrogens (tertiary/aromatic N) is 3. The molecule has 176 valence electrons. The fourth-order valence-electron chi connectivity index (χ4n) is 3.39. The van der Waals surface area contributed by atoms with Gasteiger partial charge in [-0.1, -0.05) is 29.5 Å². The van der Waals surface area contributed by atoms with Crippen LogP contribution in [0, 0.1) is 5.82 Å². The zero-order valence-corrected chi connectivity index (χ0v) is 20.1. The van der Waals surface area contributed by atoms with Gasteiger partial charge in [-0.25, -0.2) is 12.8 Å². The highest BCUT2D eigenvalue weighted by Crippen LogP contribution is 2.22. The molecule has 4 aromatic rings. The predicted octanol–water partition coefficient (Wildman–Crippen LogP) is 4.05. The molecule has 0 radical (unpaired) electrons. The number of methoxy groups -OCH3 is 1. The highest BCUT2D eigenvalue weighted by Gasteiger charge is 2.21. The molecular weight excluding hydrogens is 477 g/mol. The molecule has 10 heteroatoms. The molecule has 0 saturated carbocycles. The molecule has 0 aliphatic rings. The van der Waals surface area contributed by atoms with Crippen molar-refractivity contribution < 1.29 is 22.3 Å². The smallest absolute Gasteiger partial charge is 0.279 e. The van der Waals surface area contributed by atoms with Crippen molar-refractivity contribution in [3.63, 3.8) is 0 Å². The van der Waals surface area contributed by atoms with Crippen LogP contribution < -0.4 is 9.11 Å². The van der Waals surface area contributed by atoms with Gasteiger partial charge < -0.3 is 9.30 Å². The number of anilines is 1. The van der Waals surface area contributed by atoms with Crippen molar-refractivity contribution in [1.29, 1.82) is 0 Å². The van der Waals surface area contributed by atoms with Crippen molar-refractivity contribution in [3.05, 3.63) is 89.0 Å². The monoisotopic (exact) mass is 499 g/mol. The highest BCUT2D eigenvalue weighted by molar-refractivity contribution is 7.92. The van der Waals surface area contributed by atoms with Crippen molar-refractivity contribution in [2.75, 3.05) is 25.1 Å². The largest absolute Gasteiger partial charge is 0.383 e. The second-order valence-electron chi connectivity index (χ2n) is 7.39. The van der Waals surface area contributed by atoms with Crippen LogP contribution in [-0.4, -0.2) is 39.7 Å². The molecule has 1 aromatic heterocycles. The van der Waals surface area contributed by atoms with Gasteiger partial charge in [0.15, 0.2) is 4.80 Å². The van der Waals surface area contributed by atoms with E-state index in [1.54, 1.807) is 48.1 Å². The Morgan fingerprint density at radius 2 is 1.79 bits per heavy atom. The van der Waals surface area contributed by atoms with E-state index >= 15 is 0 Å². The summed E-state index contributed by atoms with van der Waals surface area (Å²) in [7, 11) is -0.746. The van der Waals surface area contributed by atoms with E-state index in [4.69, 9.17) is 4.74 Å². The number of para-hydroxylation sites is 1. The number of aromatic nitrogens is 1. The van der Waals surface area contributed by atoms with Gasteiger partial charge in [-0.2, -0.15) is 4.99 Å². The number of rotatable bonds is 7. The van der Waals surface area contributed by atoms with E-state index in [2.05, 4.69) is 4.99 Å². The Bertz CT molecular complexity index is 1500. The number of ether oxygens (including phenoxy) is 1. The van der Waals surface area contributed by atoms with Gasteiger partial charge in [0.2, 0.25) is 0 Å². The average Bonchev–Trinajstić information content (AvgIpc) is 3.18. The van der Waals surface area contributed by atoms with Crippen molar-refractivity contribution in [2.45, 2.75) is 11.4 Å². The molecule has 0 spiro atoms. The molecule has 1 amide bonds. The number of halogens is 1. The van der Waals surface area contributed by atoms with E-state index in [-0.39, 0.29) is 16.3 Å². The van der Waals surface area contributed by atoms with Crippen LogP contribution in [0.3, 0.4) is 0 Å². The molecule has 0 unspecified atom stereocenters. The normalized spacial score (nSPS) is 12.3. The molecule has 0 saturated heterocycles. The topological polar surface area (TPSA) is 81.0 Å². The lowest BCUT2D eigenvalue weighted by Gasteiger charge is -2.19. The van der Waals surface area contributed by atoms with Crippen LogP contribution in [-0.2, 0) is 21.3 Å². The molecule has 0 N–H and O–H groups in total. The lowest BCUT2D eigenvalue weighted by molar-refractivity contribution is 0.0997. The second kappa shape index (κ2) is 9.88. The van der Waals surface area contributed by atoms with Crippen molar-refractivity contribution in [1.82, 2.24) is 4.57 Å². The molecule has 0 aliphatic carbocycles. The fraction of sp³-hybridized carbons (Fsp3) is 0.167. The first-order chi connectivity index (χ1) is 16.3. The lowest BCUT2D eigenvalue weighted by Crippen LogP contribution is -2.26. The molecule has 0 atom stereocenters. The molecular formula is C24H22FN3O4S2. The molecule has 4 rings (SSSR count). The number of thiazole rings is 1. The Labute approximate surface area is 200 Å². The van der Waals surface area contributed by atoms with Gasteiger partial charge in [0, 0.05) is 26.3 Å². The van der Waals surface area contributed by atoms with Gasteiger partial charge in [0.05, 0.1) is 27.4 Å². The minimum atomic E-state index is -3.79. The lowest BCUT2D eigenvalue weighted by atomic mass is 10.2. The van der Waals surface area contributed by atoms with Crippen molar-refractivity contribution >= 4 is 43.2 Å². The minimum absolute atomic E-state index is 0.0582. The summed E-state index contributed by atoms with van der Waals surface area (Å²) in [5.74, 6) is -0.902. The van der Waals surface area contributed by atoms with Crippen LogP contribution in [0.15, 0.2) is 82.7 Å². The number of carbonyl (C=O) groups is 1. The standard InChI is InChI=1S/C24H22FN3O4S2/c1-27(19-6-4-3-5-7-19)34(30,31)20-11-8-17(9-12-20)23(29)26-24-28(14-15-32-2)21-13-10-18(25)16-22(21)33-24/h3-13,16H,14-15H2,1-2H3. The quantitative estimate of drug-likeness (QED) is 0.384. The van der Waals surface area contributed by atoms with E-state index in [0.717, 1.165) is 5.52 Å². The Hall–Kier alpha value is -3.34. The number of fused-ring (bicyclic) bond motifs is 1. The van der Waals surface area contributed by atoms with Gasteiger partial charge in [0.1, 0.15) is 5.82 Å². The summed E-state index contributed by atoms with van der Waals surface area (Å²) in [6, 6.07) is 18.8. The maximum atomic E-state index is 13.7. The Kier molecular flexibility index (Phi) is 6.92. The summed E-state index contributed by atoms with van der Waals surface area (Å²) in [6.07, 6.45) is 0. The molecule has 1 heterocycles. The summed E-state index contributed by atoms with van der Waals surface area (Å²) >= 11 is 1.20. The number of carbonyl (C=O) groups excluding carboxylic acids is 1. The van der Waals surface area contributed by atoms with E-state index in [1.165, 1.54) is 59.1 Å². The summed E-state index contributed by atoms with van der Waals surface area (Å²) in [5, 5.41) is 0. The fourth-order valence-corrected chi connectivity index (χ4v) is 5.66. The molecule has 34 heavy (non-hydrogen) atoms. The van der Waals surface area contributed by atoms with Crippen LogP contribution in [0.4, 0.5) is 10.1 Å². The number of amides is 1. The molecule has 0 fully saturated rings. The maximum absolute atomic E-state index is 13.7. The van der Waals surface area contributed by atoms with E-state index in [0.29, 0.717) is 28.3 Å². The van der Waals surface area contributed by atoms with Crippen LogP contribution in [0.25, 0.3) is 10.2 Å². The maximum Gasteiger partial charge on any atom is 0.279 e. The van der Waals surface area contributed by atoms with Gasteiger partial charge in [-0.15, -0.1) is 0 Å². The third kappa shape index (κ3) is 4.79. The SMILES string of the molecule is COCCn1c(=NC(=O)c2ccc(S(=O)(=O)N(C)c3ccccc3)cc2)sc2cc(F)ccc21. The second-order valence-corrected chi connectivity index (χ2v) is 10.4. The predicted molar refractivity (Wildman–Crippen MR) is 130 cm³/mol. The van der Waals surface area contributed by atoms with Gasteiger partial charge in [0.25, 0.3) is 15.9 Å². The Morgan fingerprint density at radius 3 is 2.47 bits per heavy atom. The summed E-state index contributed by atoms with van der Waals surface area (Å²) in [4.78, 5) is 17.6. The summed E-state index contributed by atoms with van der Waals surface area (Å²) < 4.78 is 48.4. The summed E-state index contributed by atoms with van der Waals surface area (Å²) in [6.45, 7) is 0.837. The molecule has 0 aliphatic heterocycles. The highest BCUT2D eigenvalue weighted by atomic mass is 32.2. The van der Waals surface area contributed by atoms with Crippen molar-refractivity contribution in [2.24, 2.45) is 4.99 Å². The zero-order chi connectivity index (χ0) is 24.3. The average molecular weight is 500 g/mol. The van der Waals surface area contributed by atoms with Crippen LogP contribution in [0.2, 0.25) is 0 Å². The van der Waals surface area contributed by atoms with Crippen molar-refractivity contribution in [3.8, 4) is 0 Å². The molecule has 7 nitrogen and oxygen atoms in total. The Morgan fingerprint density at radius 1 is 1.09 bits per heavy atom. The number of hydrogen-bond acceptors (Lipinski definition) is 5. The third-order valence-corrected chi connectivity index (χ3v) is 8.08. The van der Waals surface area contributed by atoms with E-state index in [1.807, 2.05) is 0 Å². The zero-order valence-electron chi connectivity index (χ0n) is 18.5. The molecule has 0 bridgehead atoms. The summed E-state index contributed by atoms with van der Waals surface area (Å²) in [5.41, 5.74) is 1.52. The first-order valence-corrected chi connectivity index (χ1v) is 12.6. The van der Waals surface area contributed by atoms with Gasteiger partial charge in [-0.05, 0) is 54.6 Å². The van der Waals surface area contributed by atoms with Crippen LogP contribution in [0.5, 0.6) is 0 Å². The minimum Gasteiger partial charge on any atom is -0.383 e. The first-order valence-electron chi connectivity index (χ1n) is 10.3. The van der Waals surface area contributed by atoms with Crippen LogP contribution in [0.1, 0.15) is 10.4 Å². The number of sulfonamides is 1. The number of benzene rings is 3. The Balaban J connectivity index is 1.65. The third-order valence-electron chi connectivity index (χ3n) is 5.24. The number of hydrogen-bond donors (Lipinski definition) is 0.